The molecule has 1 fully saturated rings. The second kappa shape index (κ2) is 5.90. The summed E-state index contributed by atoms with van der Waals surface area (Å²) in [4.78, 5) is 17.4. The van der Waals surface area contributed by atoms with Crippen LogP contribution in [0.2, 0.25) is 5.02 Å². The number of benzene rings is 1. The number of carboxylic acids is 1. The quantitative estimate of drug-likeness (QED) is 0.938. The first kappa shape index (κ1) is 14.1. The summed E-state index contributed by atoms with van der Waals surface area (Å²) in [6.45, 7) is 1.88. The van der Waals surface area contributed by atoms with Gasteiger partial charge in [0.1, 0.15) is 0 Å². The van der Waals surface area contributed by atoms with Crippen LogP contribution in [0.5, 0.6) is 0 Å². The predicted molar refractivity (Wildman–Crippen MR) is 83.9 cm³/mol. The molecule has 0 amide bonds. The SMILES string of the molecule is O=C(O)CCC1CCN(c2ccnc3cc(Cl)ccc23)C1. The molecule has 0 aliphatic carbocycles. The van der Waals surface area contributed by atoms with Gasteiger partial charge in [-0.2, -0.15) is 0 Å². The van der Waals surface area contributed by atoms with Gasteiger partial charge in [0.2, 0.25) is 0 Å². The number of carboxylic acid groups (broad SMARTS) is 1. The largest absolute Gasteiger partial charge is 0.481 e. The minimum absolute atomic E-state index is 0.255. The minimum atomic E-state index is -0.711. The maximum atomic E-state index is 10.7. The number of hydrogen-bond acceptors (Lipinski definition) is 3. The number of nitrogens with zero attached hydrogens (tertiary/aromatic N) is 2. The molecule has 3 rings (SSSR count). The van der Waals surface area contributed by atoms with E-state index in [2.05, 4.69) is 9.88 Å². The zero-order valence-electron chi connectivity index (χ0n) is 11.6. The summed E-state index contributed by atoms with van der Waals surface area (Å²) in [5.41, 5.74) is 2.06. The van der Waals surface area contributed by atoms with Crippen molar-refractivity contribution in [2.75, 3.05) is 18.0 Å². The predicted octanol–water partition coefficient (Wildman–Crippen LogP) is 3.58. The molecule has 1 aromatic heterocycles. The van der Waals surface area contributed by atoms with Crippen LogP contribution in [0, 0.1) is 5.92 Å². The molecule has 2 heterocycles. The van der Waals surface area contributed by atoms with Crippen LogP contribution in [0.15, 0.2) is 30.5 Å². The average Bonchev–Trinajstić information content (AvgIpc) is 2.93. The van der Waals surface area contributed by atoms with Gasteiger partial charge in [0.25, 0.3) is 0 Å². The van der Waals surface area contributed by atoms with Gasteiger partial charge >= 0.3 is 5.97 Å². The van der Waals surface area contributed by atoms with Crippen molar-refractivity contribution in [1.82, 2.24) is 4.98 Å². The number of aliphatic carboxylic acids is 1. The Labute approximate surface area is 128 Å². The minimum Gasteiger partial charge on any atom is -0.481 e. The van der Waals surface area contributed by atoms with Gasteiger partial charge in [-0.25, -0.2) is 0 Å². The zero-order chi connectivity index (χ0) is 14.8. The number of fused-ring (bicyclic) bond motifs is 1. The first-order valence-electron chi connectivity index (χ1n) is 7.14. The van der Waals surface area contributed by atoms with Gasteiger partial charge in [0.05, 0.1) is 5.52 Å². The topological polar surface area (TPSA) is 53.4 Å². The van der Waals surface area contributed by atoms with E-state index in [9.17, 15) is 4.79 Å². The molecule has 5 heteroatoms. The molecule has 1 atom stereocenters. The highest BCUT2D eigenvalue weighted by atomic mass is 35.5. The van der Waals surface area contributed by atoms with E-state index in [4.69, 9.17) is 16.7 Å². The Morgan fingerprint density at radius 2 is 2.29 bits per heavy atom. The standard InChI is InChI=1S/C16H17ClN2O2/c17-12-2-3-13-14(9-12)18-7-5-15(13)19-8-6-11(10-19)1-4-16(20)21/h2-3,5,7,9,11H,1,4,6,8,10H2,(H,20,21). The number of hydrogen-bond donors (Lipinski definition) is 1. The highest BCUT2D eigenvalue weighted by Crippen LogP contribution is 2.32. The molecule has 0 radical (unpaired) electrons. The summed E-state index contributed by atoms with van der Waals surface area (Å²) < 4.78 is 0. The number of carbonyl (C=O) groups is 1. The summed E-state index contributed by atoms with van der Waals surface area (Å²) in [5.74, 6) is -0.255. The maximum absolute atomic E-state index is 10.7. The Bertz CT molecular complexity index is 674. The second-order valence-corrected chi connectivity index (χ2v) is 5.96. The van der Waals surface area contributed by atoms with E-state index >= 15 is 0 Å². The van der Waals surface area contributed by atoms with Crippen molar-refractivity contribution >= 4 is 34.2 Å². The fourth-order valence-electron chi connectivity index (χ4n) is 3.00. The van der Waals surface area contributed by atoms with Crippen molar-refractivity contribution < 1.29 is 9.90 Å². The molecule has 0 bridgehead atoms. The van der Waals surface area contributed by atoms with E-state index in [1.807, 2.05) is 24.3 Å². The third kappa shape index (κ3) is 3.10. The lowest BCUT2D eigenvalue weighted by Crippen LogP contribution is -2.20. The van der Waals surface area contributed by atoms with Crippen LogP contribution in [-0.2, 0) is 4.79 Å². The third-order valence-corrected chi connectivity index (χ3v) is 4.31. The Hall–Kier alpha value is -1.81. The molecule has 21 heavy (non-hydrogen) atoms. The summed E-state index contributed by atoms with van der Waals surface area (Å²) >= 11 is 6.02. The van der Waals surface area contributed by atoms with Crippen molar-refractivity contribution in [3.8, 4) is 0 Å². The van der Waals surface area contributed by atoms with E-state index in [1.165, 1.54) is 0 Å². The molecule has 1 aliphatic rings. The Kier molecular flexibility index (Phi) is 3.97. The monoisotopic (exact) mass is 304 g/mol. The van der Waals surface area contributed by atoms with Crippen molar-refractivity contribution in [3.63, 3.8) is 0 Å². The fourth-order valence-corrected chi connectivity index (χ4v) is 3.16. The maximum Gasteiger partial charge on any atom is 0.303 e. The molecule has 1 aliphatic heterocycles. The molecular weight excluding hydrogens is 288 g/mol. The van der Waals surface area contributed by atoms with Crippen LogP contribution in [0.25, 0.3) is 10.9 Å². The van der Waals surface area contributed by atoms with Crippen LogP contribution in [0.4, 0.5) is 5.69 Å². The molecule has 1 unspecified atom stereocenters. The van der Waals surface area contributed by atoms with Crippen LogP contribution in [-0.4, -0.2) is 29.1 Å². The van der Waals surface area contributed by atoms with Crippen LogP contribution >= 0.6 is 11.6 Å². The highest BCUT2D eigenvalue weighted by Gasteiger charge is 2.24. The average molecular weight is 305 g/mol. The molecule has 0 spiro atoms. The third-order valence-electron chi connectivity index (χ3n) is 4.07. The lowest BCUT2D eigenvalue weighted by molar-refractivity contribution is -0.137. The van der Waals surface area contributed by atoms with Crippen LogP contribution in [0.1, 0.15) is 19.3 Å². The smallest absolute Gasteiger partial charge is 0.303 e. The van der Waals surface area contributed by atoms with Crippen molar-refractivity contribution in [1.29, 1.82) is 0 Å². The molecule has 4 nitrogen and oxygen atoms in total. The summed E-state index contributed by atoms with van der Waals surface area (Å²) in [6, 6.07) is 7.78. The van der Waals surface area contributed by atoms with E-state index < -0.39 is 5.97 Å². The Morgan fingerprint density at radius 1 is 1.43 bits per heavy atom. The Balaban J connectivity index is 1.80. The van der Waals surface area contributed by atoms with Crippen LogP contribution < -0.4 is 4.90 Å². The lowest BCUT2D eigenvalue weighted by atomic mass is 10.0. The molecular formula is C16H17ClN2O2. The number of anilines is 1. The molecule has 0 saturated carbocycles. The number of aromatic nitrogens is 1. The van der Waals surface area contributed by atoms with E-state index in [-0.39, 0.29) is 6.42 Å². The molecule has 1 aromatic carbocycles. The van der Waals surface area contributed by atoms with Crippen molar-refractivity contribution in [2.45, 2.75) is 19.3 Å². The number of rotatable bonds is 4. The van der Waals surface area contributed by atoms with Gasteiger partial charge < -0.3 is 10.0 Å². The Morgan fingerprint density at radius 3 is 3.10 bits per heavy atom. The van der Waals surface area contributed by atoms with Gasteiger partial charge in [-0.3, -0.25) is 9.78 Å². The summed E-state index contributed by atoms with van der Waals surface area (Å²) in [7, 11) is 0. The fraction of sp³-hybridized carbons (Fsp3) is 0.375. The van der Waals surface area contributed by atoms with Gasteiger partial charge in [-0.05, 0) is 43.0 Å². The zero-order valence-corrected chi connectivity index (χ0v) is 12.4. The van der Waals surface area contributed by atoms with Gasteiger partial charge in [-0.15, -0.1) is 0 Å². The van der Waals surface area contributed by atoms with Crippen LogP contribution in [0.3, 0.4) is 0 Å². The molecule has 2 aromatic rings. The number of halogens is 1. The molecule has 1 saturated heterocycles. The number of pyridine rings is 1. The summed E-state index contributed by atoms with van der Waals surface area (Å²) in [6.07, 6.45) is 3.86. The second-order valence-electron chi connectivity index (χ2n) is 5.52. The highest BCUT2D eigenvalue weighted by molar-refractivity contribution is 6.31. The van der Waals surface area contributed by atoms with E-state index in [0.29, 0.717) is 10.9 Å². The first-order chi connectivity index (χ1) is 10.1. The molecule has 1 N–H and O–H groups in total. The molecule has 110 valence electrons. The normalized spacial score (nSPS) is 18.3. The van der Waals surface area contributed by atoms with Gasteiger partial charge in [0.15, 0.2) is 0 Å². The lowest BCUT2D eigenvalue weighted by Gasteiger charge is -2.20. The van der Waals surface area contributed by atoms with Gasteiger partial charge in [0, 0.05) is 41.8 Å². The summed E-state index contributed by atoms with van der Waals surface area (Å²) in [5, 5.41) is 10.6. The van der Waals surface area contributed by atoms with Crippen molar-refractivity contribution in [3.05, 3.63) is 35.5 Å². The van der Waals surface area contributed by atoms with E-state index in [1.54, 1.807) is 6.20 Å². The van der Waals surface area contributed by atoms with Gasteiger partial charge in [-0.1, -0.05) is 11.6 Å². The van der Waals surface area contributed by atoms with E-state index in [0.717, 1.165) is 42.5 Å². The first-order valence-corrected chi connectivity index (χ1v) is 7.52. The van der Waals surface area contributed by atoms with Crippen molar-refractivity contribution in [2.24, 2.45) is 5.92 Å².